The van der Waals surface area contributed by atoms with Gasteiger partial charge in [-0.15, -0.1) is 0 Å². The van der Waals surface area contributed by atoms with Crippen LogP contribution in [0.1, 0.15) is 16.1 Å². The Morgan fingerprint density at radius 1 is 1.08 bits per heavy atom. The summed E-state index contributed by atoms with van der Waals surface area (Å²) in [4.78, 5) is 12.2. The van der Waals surface area contributed by atoms with E-state index in [0.29, 0.717) is 10.7 Å². The summed E-state index contributed by atoms with van der Waals surface area (Å²) >= 11 is 5.92. The fourth-order valence-electron chi connectivity index (χ4n) is 2.15. The zero-order valence-electron chi connectivity index (χ0n) is 12.6. The van der Waals surface area contributed by atoms with Crippen LogP contribution in [0.2, 0.25) is 5.02 Å². The van der Waals surface area contributed by atoms with Crippen molar-refractivity contribution in [1.82, 2.24) is 9.78 Å². The second-order valence-corrected chi connectivity index (χ2v) is 5.59. The predicted octanol–water partition coefficient (Wildman–Crippen LogP) is 4.80. The third-order valence-corrected chi connectivity index (χ3v) is 3.60. The number of benzene rings is 2. The summed E-state index contributed by atoms with van der Waals surface area (Å²) < 4.78 is 39.1. The highest BCUT2D eigenvalue weighted by Gasteiger charge is 2.30. The molecule has 3 rings (SSSR count). The topological polar surface area (TPSA) is 46.9 Å². The maximum absolute atomic E-state index is 12.5. The average Bonchev–Trinajstić information content (AvgIpc) is 3.05. The molecule has 0 aliphatic heterocycles. The Kier molecular flexibility index (Phi) is 4.50. The summed E-state index contributed by atoms with van der Waals surface area (Å²) in [6.07, 6.45) is -2.83. The van der Waals surface area contributed by atoms with Crippen LogP contribution in [0.25, 0.3) is 5.69 Å². The van der Waals surface area contributed by atoms with E-state index in [1.807, 2.05) is 0 Å². The molecule has 0 radical (unpaired) electrons. The highest BCUT2D eigenvalue weighted by Crippen LogP contribution is 2.29. The molecule has 1 aromatic heterocycles. The van der Waals surface area contributed by atoms with E-state index < -0.39 is 17.6 Å². The van der Waals surface area contributed by atoms with Gasteiger partial charge >= 0.3 is 6.18 Å². The molecule has 0 aliphatic rings. The molecular weight excluding hydrogens is 355 g/mol. The van der Waals surface area contributed by atoms with Crippen molar-refractivity contribution >= 4 is 23.2 Å². The number of halogens is 4. The third kappa shape index (κ3) is 4.00. The van der Waals surface area contributed by atoms with Crippen molar-refractivity contribution in [3.8, 4) is 5.69 Å². The van der Waals surface area contributed by atoms with Gasteiger partial charge in [-0.25, -0.2) is 4.68 Å². The molecule has 2 aromatic carbocycles. The number of carbonyl (C=O) groups is 1. The first kappa shape index (κ1) is 17.0. The molecule has 128 valence electrons. The van der Waals surface area contributed by atoms with Gasteiger partial charge in [0.05, 0.1) is 11.3 Å². The Balaban J connectivity index is 1.74. The minimum Gasteiger partial charge on any atom is -0.321 e. The Morgan fingerprint density at radius 2 is 1.80 bits per heavy atom. The highest BCUT2D eigenvalue weighted by molar-refractivity contribution is 6.30. The number of carbonyl (C=O) groups excluding carboxylic acids is 1. The number of aromatic nitrogens is 2. The normalized spacial score (nSPS) is 11.4. The molecule has 0 atom stereocenters. The first-order chi connectivity index (χ1) is 11.8. The first-order valence-corrected chi connectivity index (χ1v) is 7.51. The fraction of sp³-hybridized carbons (Fsp3) is 0.0588. The number of hydrogen-bond donors (Lipinski definition) is 1. The van der Waals surface area contributed by atoms with Crippen LogP contribution in [0.4, 0.5) is 18.9 Å². The number of rotatable bonds is 3. The van der Waals surface area contributed by atoms with Gasteiger partial charge in [-0.3, -0.25) is 4.79 Å². The monoisotopic (exact) mass is 365 g/mol. The largest absolute Gasteiger partial charge is 0.416 e. The standard InChI is InChI=1S/C17H11ClF3N3O/c18-12-2-1-3-14(10-12)24-9-8-15(23-24)16(25)22-13-6-4-11(5-7-13)17(19,20)21/h1-10H,(H,22,25). The molecule has 0 unspecified atom stereocenters. The van der Waals surface area contributed by atoms with Crippen molar-refractivity contribution in [2.24, 2.45) is 0 Å². The van der Waals surface area contributed by atoms with Crippen LogP contribution in [0, 0.1) is 0 Å². The molecule has 3 aromatic rings. The second kappa shape index (κ2) is 6.60. The summed E-state index contributed by atoms with van der Waals surface area (Å²) in [6, 6.07) is 12.6. The molecule has 8 heteroatoms. The lowest BCUT2D eigenvalue weighted by Gasteiger charge is -2.08. The van der Waals surface area contributed by atoms with E-state index in [0.717, 1.165) is 12.1 Å². The zero-order chi connectivity index (χ0) is 18.0. The summed E-state index contributed by atoms with van der Waals surface area (Å²) in [6.45, 7) is 0. The molecule has 0 bridgehead atoms. The number of amides is 1. The Morgan fingerprint density at radius 3 is 2.44 bits per heavy atom. The lowest BCUT2D eigenvalue weighted by Crippen LogP contribution is -2.13. The molecule has 4 nitrogen and oxygen atoms in total. The van der Waals surface area contributed by atoms with Gasteiger partial charge in [-0.2, -0.15) is 18.3 Å². The van der Waals surface area contributed by atoms with Crippen molar-refractivity contribution in [2.75, 3.05) is 5.32 Å². The van der Waals surface area contributed by atoms with Gasteiger partial charge < -0.3 is 5.32 Å². The SMILES string of the molecule is O=C(Nc1ccc(C(F)(F)F)cc1)c1ccn(-c2cccc(Cl)c2)n1. The number of anilines is 1. The summed E-state index contributed by atoms with van der Waals surface area (Å²) in [5.41, 5.74) is 0.270. The van der Waals surface area contributed by atoms with Crippen molar-refractivity contribution in [3.63, 3.8) is 0 Å². The fourth-order valence-corrected chi connectivity index (χ4v) is 2.33. The lowest BCUT2D eigenvalue weighted by molar-refractivity contribution is -0.137. The number of nitrogens with zero attached hydrogens (tertiary/aromatic N) is 2. The van der Waals surface area contributed by atoms with E-state index in [1.54, 1.807) is 30.5 Å². The van der Waals surface area contributed by atoms with E-state index in [9.17, 15) is 18.0 Å². The maximum Gasteiger partial charge on any atom is 0.416 e. The molecule has 25 heavy (non-hydrogen) atoms. The molecule has 0 saturated heterocycles. The van der Waals surface area contributed by atoms with Crippen molar-refractivity contribution in [2.45, 2.75) is 6.18 Å². The smallest absolute Gasteiger partial charge is 0.321 e. The van der Waals surface area contributed by atoms with Gasteiger partial charge in [0.1, 0.15) is 0 Å². The Labute approximate surface area is 145 Å². The molecule has 1 N–H and O–H groups in total. The van der Waals surface area contributed by atoms with Gasteiger partial charge in [0.2, 0.25) is 0 Å². The van der Waals surface area contributed by atoms with Gasteiger partial charge in [0.25, 0.3) is 5.91 Å². The van der Waals surface area contributed by atoms with Crippen molar-refractivity contribution in [1.29, 1.82) is 0 Å². The van der Waals surface area contributed by atoms with Crippen LogP contribution >= 0.6 is 11.6 Å². The lowest BCUT2D eigenvalue weighted by atomic mass is 10.2. The van der Waals surface area contributed by atoms with E-state index in [1.165, 1.54) is 22.9 Å². The quantitative estimate of drug-likeness (QED) is 0.725. The number of nitrogens with one attached hydrogen (secondary N) is 1. The first-order valence-electron chi connectivity index (χ1n) is 7.13. The van der Waals surface area contributed by atoms with Crippen LogP contribution in [0.5, 0.6) is 0 Å². The molecule has 0 fully saturated rings. The van der Waals surface area contributed by atoms with Crippen LogP contribution in [-0.4, -0.2) is 15.7 Å². The number of hydrogen-bond acceptors (Lipinski definition) is 2. The van der Waals surface area contributed by atoms with Crippen LogP contribution in [-0.2, 0) is 6.18 Å². The summed E-state index contributed by atoms with van der Waals surface area (Å²) in [5.74, 6) is -0.527. The average molecular weight is 366 g/mol. The van der Waals surface area contributed by atoms with Gasteiger partial charge in [-0.1, -0.05) is 17.7 Å². The molecule has 0 aliphatic carbocycles. The summed E-state index contributed by atoms with van der Waals surface area (Å²) in [7, 11) is 0. The Bertz CT molecular complexity index is 904. The van der Waals surface area contributed by atoms with E-state index in [4.69, 9.17) is 11.6 Å². The van der Waals surface area contributed by atoms with Crippen LogP contribution in [0.3, 0.4) is 0 Å². The second-order valence-electron chi connectivity index (χ2n) is 5.15. The van der Waals surface area contributed by atoms with Crippen LogP contribution < -0.4 is 5.32 Å². The molecule has 1 amide bonds. The van der Waals surface area contributed by atoms with Crippen LogP contribution in [0.15, 0.2) is 60.8 Å². The molecule has 1 heterocycles. The number of alkyl halides is 3. The van der Waals surface area contributed by atoms with E-state index in [-0.39, 0.29) is 11.4 Å². The predicted molar refractivity (Wildman–Crippen MR) is 88.0 cm³/mol. The highest BCUT2D eigenvalue weighted by atomic mass is 35.5. The minimum absolute atomic E-state index is 0.125. The third-order valence-electron chi connectivity index (χ3n) is 3.36. The van der Waals surface area contributed by atoms with Gasteiger partial charge in [0, 0.05) is 16.9 Å². The van der Waals surface area contributed by atoms with Gasteiger partial charge in [-0.05, 0) is 48.5 Å². The maximum atomic E-state index is 12.5. The molecular formula is C17H11ClF3N3O. The van der Waals surface area contributed by atoms with E-state index >= 15 is 0 Å². The van der Waals surface area contributed by atoms with Crippen molar-refractivity contribution in [3.05, 3.63) is 77.1 Å². The van der Waals surface area contributed by atoms with E-state index in [2.05, 4.69) is 10.4 Å². The Hall–Kier alpha value is -2.80. The summed E-state index contributed by atoms with van der Waals surface area (Å²) in [5, 5.41) is 7.18. The van der Waals surface area contributed by atoms with Gasteiger partial charge in [0.15, 0.2) is 5.69 Å². The zero-order valence-corrected chi connectivity index (χ0v) is 13.3. The molecule has 0 saturated carbocycles. The van der Waals surface area contributed by atoms with Crippen molar-refractivity contribution < 1.29 is 18.0 Å². The minimum atomic E-state index is -4.42. The molecule has 0 spiro atoms.